The summed E-state index contributed by atoms with van der Waals surface area (Å²) in [7, 11) is 3.03. The number of esters is 1. The summed E-state index contributed by atoms with van der Waals surface area (Å²) in [6, 6.07) is 3.14. The zero-order valence-corrected chi connectivity index (χ0v) is 17.6. The second kappa shape index (κ2) is 9.80. The molecule has 7 heteroatoms. The van der Waals surface area contributed by atoms with E-state index >= 15 is 0 Å². The molecule has 152 valence electrons. The average Bonchev–Trinajstić information content (AvgIpc) is 2.52. The number of ether oxygens (including phenoxy) is 4. The molecule has 1 heterocycles. The molecule has 0 fully saturated rings. The first-order valence-corrected chi connectivity index (χ1v) is 8.89. The first-order chi connectivity index (χ1) is 12.4. The third-order valence-corrected chi connectivity index (χ3v) is 3.19. The van der Waals surface area contributed by atoms with Crippen LogP contribution in [0.1, 0.15) is 59.6 Å². The van der Waals surface area contributed by atoms with Gasteiger partial charge in [-0.15, -0.1) is 0 Å². The van der Waals surface area contributed by atoms with E-state index in [4.69, 9.17) is 18.9 Å². The predicted octanol–water partition coefficient (Wildman–Crippen LogP) is 3.72. The van der Waals surface area contributed by atoms with Gasteiger partial charge in [-0.25, -0.2) is 4.98 Å². The highest BCUT2D eigenvalue weighted by Gasteiger charge is 2.22. The average molecular weight is 380 g/mol. The van der Waals surface area contributed by atoms with E-state index < -0.39 is 17.9 Å². The molecule has 1 rings (SSSR count). The molecule has 7 nitrogen and oxygen atoms in total. The van der Waals surface area contributed by atoms with E-state index in [1.54, 1.807) is 12.3 Å². The lowest BCUT2D eigenvalue weighted by atomic mass is 10.1. The van der Waals surface area contributed by atoms with Crippen LogP contribution in [0, 0.1) is 0 Å². The minimum Gasteiger partial charge on any atom is -0.472 e. The zero-order chi connectivity index (χ0) is 20.7. The van der Waals surface area contributed by atoms with Gasteiger partial charge in [0.25, 0.3) is 0 Å². The van der Waals surface area contributed by atoms with Gasteiger partial charge >= 0.3 is 5.97 Å². The van der Waals surface area contributed by atoms with Crippen LogP contribution in [-0.4, -0.2) is 48.9 Å². The normalized spacial score (nSPS) is 13.8. The van der Waals surface area contributed by atoms with E-state index in [1.165, 1.54) is 20.4 Å². The molecule has 0 saturated carbocycles. The Morgan fingerprint density at radius 3 is 2.19 bits per heavy atom. The monoisotopic (exact) mass is 380 g/mol. The second-order valence-corrected chi connectivity index (χ2v) is 8.09. The molecule has 1 unspecified atom stereocenters. The van der Waals surface area contributed by atoms with Crippen LogP contribution in [-0.2, 0) is 19.0 Å². The van der Waals surface area contributed by atoms with E-state index in [1.807, 2.05) is 47.6 Å². The van der Waals surface area contributed by atoms with E-state index in [0.717, 1.165) is 5.56 Å². The fourth-order valence-electron chi connectivity index (χ4n) is 2.15. The molecular weight excluding hydrogens is 348 g/mol. The summed E-state index contributed by atoms with van der Waals surface area (Å²) in [4.78, 5) is 21.1. The number of aliphatic imine (C=N–C) groups is 1. The van der Waals surface area contributed by atoms with E-state index in [9.17, 15) is 4.79 Å². The number of hydrogen-bond acceptors (Lipinski definition) is 7. The molecule has 0 aliphatic carbocycles. The quantitative estimate of drug-likeness (QED) is 0.388. The molecule has 0 aromatic carbocycles. The molecule has 0 aliphatic rings. The number of methoxy groups -OCH3 is 2. The number of carbonyl (C=O) groups is 1. The number of rotatable bonds is 8. The molecule has 27 heavy (non-hydrogen) atoms. The van der Waals surface area contributed by atoms with Crippen LogP contribution in [0.3, 0.4) is 0 Å². The lowest BCUT2D eigenvalue weighted by Crippen LogP contribution is -2.25. The fourth-order valence-corrected chi connectivity index (χ4v) is 2.15. The molecule has 0 aliphatic heterocycles. The Balaban J connectivity index is 3.00. The smallest absolute Gasteiger partial charge is 0.308 e. The van der Waals surface area contributed by atoms with Gasteiger partial charge in [-0.1, -0.05) is 0 Å². The summed E-state index contributed by atoms with van der Waals surface area (Å²) in [5.74, 6) is 0.170. The van der Waals surface area contributed by atoms with Crippen molar-refractivity contribution in [3.63, 3.8) is 0 Å². The lowest BCUT2D eigenvalue weighted by molar-refractivity contribution is -0.155. The van der Waals surface area contributed by atoms with Crippen molar-refractivity contribution in [2.24, 2.45) is 4.99 Å². The number of carbonyl (C=O) groups excluding carboxylic acids is 1. The van der Waals surface area contributed by atoms with Crippen LogP contribution in [0.5, 0.6) is 5.88 Å². The maximum Gasteiger partial charge on any atom is 0.308 e. The standard InChI is InChI=1S/C20H32N2O5/c1-19(2,3)26-16-10-9-14(12-22-16)15(21-13-18(24-7)25-8)11-17(23)27-20(4,5)6/h9-10,12-13,15,18H,11H2,1-8H3. The maximum atomic E-state index is 12.3. The minimum absolute atomic E-state index is 0.0784. The predicted molar refractivity (Wildman–Crippen MR) is 104 cm³/mol. The highest BCUT2D eigenvalue weighted by Crippen LogP contribution is 2.25. The molecule has 0 saturated heterocycles. The Bertz CT molecular complexity index is 611. The Morgan fingerprint density at radius 1 is 1.11 bits per heavy atom. The van der Waals surface area contributed by atoms with Crippen molar-refractivity contribution in [3.8, 4) is 5.88 Å². The molecule has 0 spiro atoms. The van der Waals surface area contributed by atoms with Gasteiger partial charge < -0.3 is 18.9 Å². The summed E-state index contributed by atoms with van der Waals surface area (Å²) in [5.41, 5.74) is -0.133. The van der Waals surface area contributed by atoms with Crippen LogP contribution in [0.15, 0.2) is 23.3 Å². The van der Waals surface area contributed by atoms with Gasteiger partial charge in [0, 0.05) is 26.5 Å². The number of nitrogens with zero attached hydrogens (tertiary/aromatic N) is 2. The van der Waals surface area contributed by atoms with Crippen LogP contribution in [0.25, 0.3) is 0 Å². The molecular formula is C20H32N2O5. The Labute approximate surface area is 162 Å². The van der Waals surface area contributed by atoms with Gasteiger partial charge in [-0.3, -0.25) is 9.79 Å². The number of pyridine rings is 1. The van der Waals surface area contributed by atoms with Crippen LogP contribution in [0.2, 0.25) is 0 Å². The lowest BCUT2D eigenvalue weighted by Gasteiger charge is -2.22. The molecule has 1 atom stereocenters. The van der Waals surface area contributed by atoms with Crippen molar-refractivity contribution in [1.29, 1.82) is 0 Å². The van der Waals surface area contributed by atoms with E-state index in [0.29, 0.717) is 5.88 Å². The molecule has 0 amide bonds. The summed E-state index contributed by atoms with van der Waals surface area (Å²) >= 11 is 0. The highest BCUT2D eigenvalue weighted by atomic mass is 16.7. The second-order valence-electron chi connectivity index (χ2n) is 8.09. The van der Waals surface area contributed by atoms with E-state index in [-0.39, 0.29) is 18.0 Å². The van der Waals surface area contributed by atoms with Gasteiger partial charge in [0.05, 0.1) is 18.7 Å². The Hall–Kier alpha value is -1.99. The third kappa shape index (κ3) is 9.49. The van der Waals surface area contributed by atoms with Gasteiger partial charge in [0.15, 0.2) is 6.29 Å². The first kappa shape index (κ1) is 23.0. The van der Waals surface area contributed by atoms with Crippen molar-refractivity contribution >= 4 is 12.2 Å². The topological polar surface area (TPSA) is 79.2 Å². The first-order valence-electron chi connectivity index (χ1n) is 8.89. The van der Waals surface area contributed by atoms with Gasteiger partial charge in [0.1, 0.15) is 11.2 Å². The van der Waals surface area contributed by atoms with Crippen LogP contribution in [0.4, 0.5) is 0 Å². The van der Waals surface area contributed by atoms with Gasteiger partial charge in [-0.2, -0.15) is 0 Å². The zero-order valence-electron chi connectivity index (χ0n) is 17.6. The van der Waals surface area contributed by atoms with Gasteiger partial charge in [-0.05, 0) is 53.2 Å². The summed E-state index contributed by atoms with van der Waals surface area (Å²) in [6.45, 7) is 11.3. The molecule has 1 aromatic rings. The molecule has 0 N–H and O–H groups in total. The molecule has 1 aromatic heterocycles. The van der Waals surface area contributed by atoms with Crippen molar-refractivity contribution in [2.45, 2.75) is 71.5 Å². The van der Waals surface area contributed by atoms with Crippen molar-refractivity contribution in [3.05, 3.63) is 23.9 Å². The van der Waals surface area contributed by atoms with Crippen molar-refractivity contribution in [1.82, 2.24) is 4.98 Å². The number of aromatic nitrogens is 1. The molecule has 0 bridgehead atoms. The van der Waals surface area contributed by atoms with E-state index in [2.05, 4.69) is 9.98 Å². The van der Waals surface area contributed by atoms with Crippen molar-refractivity contribution < 1.29 is 23.7 Å². The van der Waals surface area contributed by atoms with Gasteiger partial charge in [0.2, 0.25) is 5.88 Å². The summed E-state index contributed by atoms with van der Waals surface area (Å²) < 4.78 is 21.4. The molecule has 0 radical (unpaired) electrons. The highest BCUT2D eigenvalue weighted by molar-refractivity contribution is 5.71. The maximum absolute atomic E-state index is 12.3. The largest absolute Gasteiger partial charge is 0.472 e. The SMILES string of the molecule is COC(C=NC(CC(=O)OC(C)(C)C)c1ccc(OC(C)(C)C)nc1)OC. The third-order valence-electron chi connectivity index (χ3n) is 3.19. The van der Waals surface area contributed by atoms with Crippen LogP contribution < -0.4 is 4.74 Å². The van der Waals surface area contributed by atoms with Crippen LogP contribution >= 0.6 is 0 Å². The Morgan fingerprint density at radius 2 is 1.74 bits per heavy atom. The fraction of sp³-hybridized carbons (Fsp3) is 0.650. The summed E-state index contributed by atoms with van der Waals surface area (Å²) in [6.07, 6.45) is 2.66. The Kier molecular flexibility index (Phi) is 8.37. The van der Waals surface area contributed by atoms with Crippen molar-refractivity contribution in [2.75, 3.05) is 14.2 Å². The number of hydrogen-bond donors (Lipinski definition) is 0. The minimum atomic E-state index is -0.595. The summed E-state index contributed by atoms with van der Waals surface area (Å²) in [5, 5.41) is 0.